The predicted molar refractivity (Wildman–Crippen MR) is 40.8 cm³/mol. The lowest BCUT2D eigenvalue weighted by atomic mass is 10.3. The molecule has 0 radical (unpaired) electrons. The number of thiocarbonyl (C=S) groups is 1. The molecule has 0 aromatic carbocycles. The molecule has 12 heavy (non-hydrogen) atoms. The standard InChI is InChI=1S/C4H2F3N3S2/c5-4(6,7)2-1(3(8)11)12-10-9-2/h(H2,8,11). The second-order valence-electron chi connectivity index (χ2n) is 1.81. The van der Waals surface area contributed by atoms with Gasteiger partial charge < -0.3 is 5.73 Å². The fourth-order valence-corrected chi connectivity index (χ4v) is 1.28. The van der Waals surface area contributed by atoms with Crippen LogP contribution < -0.4 is 5.73 Å². The molecule has 0 bridgehead atoms. The molecule has 0 unspecified atom stereocenters. The van der Waals surface area contributed by atoms with E-state index < -0.39 is 11.9 Å². The highest BCUT2D eigenvalue weighted by Crippen LogP contribution is 2.31. The van der Waals surface area contributed by atoms with Crippen LogP contribution in [-0.2, 0) is 6.18 Å². The summed E-state index contributed by atoms with van der Waals surface area (Å²) in [6.07, 6.45) is -4.54. The Labute approximate surface area is 74.5 Å². The average molecular weight is 213 g/mol. The van der Waals surface area contributed by atoms with Gasteiger partial charge in [-0.15, -0.1) is 5.10 Å². The van der Waals surface area contributed by atoms with Crippen LogP contribution in [0.2, 0.25) is 0 Å². The van der Waals surface area contributed by atoms with Gasteiger partial charge in [0.15, 0.2) is 5.69 Å². The molecule has 1 heterocycles. The van der Waals surface area contributed by atoms with Crippen LogP contribution in [0.4, 0.5) is 13.2 Å². The van der Waals surface area contributed by atoms with E-state index in [9.17, 15) is 13.2 Å². The highest BCUT2D eigenvalue weighted by atomic mass is 32.1. The minimum absolute atomic E-state index is 0.294. The summed E-state index contributed by atoms with van der Waals surface area (Å²) in [6.45, 7) is 0. The van der Waals surface area contributed by atoms with Crippen LogP contribution in [0.3, 0.4) is 0 Å². The molecule has 1 aromatic rings. The first-order valence-electron chi connectivity index (χ1n) is 2.62. The maximum atomic E-state index is 12.0. The smallest absolute Gasteiger partial charge is 0.389 e. The van der Waals surface area contributed by atoms with Crippen molar-refractivity contribution >= 4 is 28.7 Å². The molecular weight excluding hydrogens is 211 g/mol. The van der Waals surface area contributed by atoms with Crippen molar-refractivity contribution in [3.8, 4) is 0 Å². The van der Waals surface area contributed by atoms with Crippen LogP contribution in [-0.4, -0.2) is 14.6 Å². The summed E-state index contributed by atoms with van der Waals surface area (Å²) in [4.78, 5) is -0.630. The number of nitrogens with zero attached hydrogens (tertiary/aromatic N) is 2. The van der Waals surface area contributed by atoms with E-state index in [1.807, 2.05) is 0 Å². The molecule has 3 nitrogen and oxygen atoms in total. The number of alkyl halides is 3. The van der Waals surface area contributed by atoms with Gasteiger partial charge in [0.2, 0.25) is 0 Å². The molecule has 66 valence electrons. The van der Waals surface area contributed by atoms with Gasteiger partial charge in [-0.2, -0.15) is 13.2 Å². The Hall–Kier alpha value is -0.760. The molecule has 0 amide bonds. The van der Waals surface area contributed by atoms with Crippen molar-refractivity contribution in [1.29, 1.82) is 0 Å². The summed E-state index contributed by atoms with van der Waals surface area (Å²) < 4.78 is 39.2. The fraction of sp³-hybridized carbons (Fsp3) is 0.250. The largest absolute Gasteiger partial charge is 0.436 e. The van der Waals surface area contributed by atoms with E-state index in [1.54, 1.807) is 0 Å². The van der Waals surface area contributed by atoms with E-state index in [0.717, 1.165) is 0 Å². The van der Waals surface area contributed by atoms with Crippen molar-refractivity contribution < 1.29 is 13.2 Å². The monoisotopic (exact) mass is 213 g/mol. The SMILES string of the molecule is NC(=S)c1snnc1C(F)(F)F. The van der Waals surface area contributed by atoms with Gasteiger partial charge in [0, 0.05) is 0 Å². The first-order valence-corrected chi connectivity index (χ1v) is 3.80. The quantitative estimate of drug-likeness (QED) is 0.712. The molecule has 0 aliphatic heterocycles. The first kappa shape index (κ1) is 9.33. The number of nitrogens with two attached hydrogens (primary N) is 1. The lowest BCUT2D eigenvalue weighted by molar-refractivity contribution is -0.141. The van der Waals surface area contributed by atoms with Gasteiger partial charge in [-0.3, -0.25) is 0 Å². The topological polar surface area (TPSA) is 51.8 Å². The van der Waals surface area contributed by atoms with E-state index in [1.165, 1.54) is 0 Å². The van der Waals surface area contributed by atoms with Gasteiger partial charge in [0.05, 0.1) is 0 Å². The Morgan fingerprint density at radius 2 is 2.08 bits per heavy atom. The molecule has 1 rings (SSSR count). The normalized spacial score (nSPS) is 11.6. The fourth-order valence-electron chi connectivity index (χ4n) is 0.538. The highest BCUT2D eigenvalue weighted by molar-refractivity contribution is 7.81. The summed E-state index contributed by atoms with van der Waals surface area (Å²) in [5, 5.41) is 2.88. The van der Waals surface area contributed by atoms with Crippen molar-refractivity contribution in [3.05, 3.63) is 10.6 Å². The molecule has 0 atom stereocenters. The maximum absolute atomic E-state index is 12.0. The van der Waals surface area contributed by atoms with E-state index in [0.29, 0.717) is 11.5 Å². The van der Waals surface area contributed by atoms with Crippen LogP contribution in [0.1, 0.15) is 10.6 Å². The molecular formula is C4H2F3N3S2. The van der Waals surface area contributed by atoms with Crippen molar-refractivity contribution in [2.45, 2.75) is 6.18 Å². The van der Waals surface area contributed by atoms with Gasteiger partial charge in [-0.1, -0.05) is 16.7 Å². The minimum atomic E-state index is -4.54. The van der Waals surface area contributed by atoms with Crippen LogP contribution >= 0.6 is 23.8 Å². The zero-order valence-electron chi connectivity index (χ0n) is 5.42. The molecule has 0 fully saturated rings. The molecule has 0 aliphatic rings. The molecule has 0 saturated heterocycles. The van der Waals surface area contributed by atoms with Crippen LogP contribution in [0.15, 0.2) is 0 Å². The molecule has 0 spiro atoms. The summed E-state index contributed by atoms with van der Waals surface area (Å²) in [5.41, 5.74) is 3.91. The number of halogens is 3. The molecule has 8 heteroatoms. The summed E-state index contributed by atoms with van der Waals surface area (Å²) in [7, 11) is 0. The van der Waals surface area contributed by atoms with Crippen molar-refractivity contribution in [2.75, 3.05) is 0 Å². The Kier molecular flexibility index (Phi) is 2.29. The van der Waals surface area contributed by atoms with Crippen molar-refractivity contribution in [1.82, 2.24) is 9.59 Å². The molecule has 0 saturated carbocycles. The summed E-state index contributed by atoms with van der Waals surface area (Å²) in [6, 6.07) is 0. The first-order chi connectivity index (χ1) is 5.43. The van der Waals surface area contributed by atoms with Gasteiger partial charge >= 0.3 is 6.18 Å². The van der Waals surface area contributed by atoms with Crippen LogP contribution in [0, 0.1) is 0 Å². The van der Waals surface area contributed by atoms with E-state index >= 15 is 0 Å². The summed E-state index contributed by atoms with van der Waals surface area (Å²) in [5.74, 6) is 0. The van der Waals surface area contributed by atoms with Gasteiger partial charge in [0.1, 0.15) is 9.87 Å². The third-order valence-corrected chi connectivity index (χ3v) is 2.07. The van der Waals surface area contributed by atoms with Crippen molar-refractivity contribution in [2.24, 2.45) is 5.73 Å². The highest BCUT2D eigenvalue weighted by Gasteiger charge is 2.38. The Bertz CT molecular complexity index is 305. The second kappa shape index (κ2) is 2.94. The Morgan fingerprint density at radius 3 is 2.42 bits per heavy atom. The lowest BCUT2D eigenvalue weighted by Crippen LogP contribution is -2.16. The number of hydrogen-bond donors (Lipinski definition) is 1. The number of aromatic nitrogens is 2. The molecule has 2 N–H and O–H groups in total. The summed E-state index contributed by atoms with van der Waals surface area (Å²) >= 11 is 4.92. The third-order valence-electron chi connectivity index (χ3n) is 0.980. The predicted octanol–water partition coefficient (Wildman–Crippen LogP) is 1.19. The van der Waals surface area contributed by atoms with Crippen LogP contribution in [0.5, 0.6) is 0 Å². The lowest BCUT2D eigenvalue weighted by Gasteiger charge is -2.02. The van der Waals surface area contributed by atoms with Gasteiger partial charge in [-0.05, 0) is 11.5 Å². The van der Waals surface area contributed by atoms with Crippen molar-refractivity contribution in [3.63, 3.8) is 0 Å². The third kappa shape index (κ3) is 1.69. The van der Waals surface area contributed by atoms with E-state index in [-0.39, 0.29) is 9.87 Å². The maximum Gasteiger partial charge on any atom is 0.436 e. The Balaban J connectivity index is 3.17. The zero-order valence-corrected chi connectivity index (χ0v) is 7.06. The number of hydrogen-bond acceptors (Lipinski definition) is 4. The minimum Gasteiger partial charge on any atom is -0.389 e. The average Bonchev–Trinajstić information content (AvgIpc) is 2.30. The molecule has 1 aromatic heterocycles. The Morgan fingerprint density at radius 1 is 1.50 bits per heavy atom. The van der Waals surface area contributed by atoms with Gasteiger partial charge in [0.25, 0.3) is 0 Å². The van der Waals surface area contributed by atoms with Gasteiger partial charge in [-0.25, -0.2) is 0 Å². The second-order valence-corrected chi connectivity index (χ2v) is 3.01. The zero-order chi connectivity index (χ0) is 9.35. The van der Waals surface area contributed by atoms with E-state index in [2.05, 4.69) is 21.8 Å². The van der Waals surface area contributed by atoms with E-state index in [4.69, 9.17) is 5.73 Å². The van der Waals surface area contributed by atoms with Crippen LogP contribution in [0.25, 0.3) is 0 Å². The molecule has 0 aliphatic carbocycles. The number of rotatable bonds is 1.